The van der Waals surface area contributed by atoms with Gasteiger partial charge in [0.15, 0.2) is 11.6 Å². The maximum atomic E-state index is 12.3. The summed E-state index contributed by atoms with van der Waals surface area (Å²) in [5.74, 6) is -0.00984. The number of carbonyl (C=O) groups is 2. The third-order valence-electron chi connectivity index (χ3n) is 4.85. The third-order valence-corrected chi connectivity index (χ3v) is 5.73. The van der Waals surface area contributed by atoms with E-state index in [4.69, 9.17) is 0 Å². The van der Waals surface area contributed by atoms with Crippen LogP contribution in [0.3, 0.4) is 0 Å². The first-order valence-corrected chi connectivity index (χ1v) is 7.84. The Morgan fingerprint density at radius 1 is 1.10 bits per heavy atom. The van der Waals surface area contributed by atoms with Crippen molar-refractivity contribution in [3.63, 3.8) is 0 Å². The number of hydrogen-bond donors (Lipinski definition) is 0. The average Bonchev–Trinajstić information content (AvgIpc) is 2.65. The minimum absolute atomic E-state index is 0.0468. The Morgan fingerprint density at radius 2 is 1.86 bits per heavy atom. The fourth-order valence-corrected chi connectivity index (χ4v) is 4.64. The van der Waals surface area contributed by atoms with Crippen molar-refractivity contribution in [2.24, 2.45) is 11.3 Å². The molecule has 1 spiro atoms. The SMILES string of the molecule is O=C1C=C(Br)[C@]23C=C[C@@H](C[C@@H]2c2ccccc2)C(=O)C=C13. The van der Waals surface area contributed by atoms with Crippen LogP contribution in [0.25, 0.3) is 0 Å². The zero-order chi connectivity index (χ0) is 14.6. The van der Waals surface area contributed by atoms with Crippen molar-refractivity contribution in [1.29, 1.82) is 0 Å². The number of benzene rings is 1. The van der Waals surface area contributed by atoms with Crippen LogP contribution < -0.4 is 0 Å². The lowest BCUT2D eigenvalue weighted by atomic mass is 9.64. The zero-order valence-corrected chi connectivity index (χ0v) is 12.8. The van der Waals surface area contributed by atoms with E-state index in [9.17, 15) is 9.59 Å². The molecule has 104 valence electrons. The van der Waals surface area contributed by atoms with Crippen molar-refractivity contribution < 1.29 is 9.59 Å². The van der Waals surface area contributed by atoms with E-state index in [-0.39, 0.29) is 23.4 Å². The summed E-state index contributed by atoms with van der Waals surface area (Å²) >= 11 is 3.59. The standard InChI is InChI=1S/C18H13BrO2/c19-17-10-16(21)14-9-15(20)12-6-7-18(14,17)13(8-12)11-4-2-1-3-5-11/h1-7,9-10,12-13H,8H2/t12-,13+,18+/m0/s1. The topological polar surface area (TPSA) is 34.1 Å². The summed E-state index contributed by atoms with van der Waals surface area (Å²) in [5, 5.41) is 0. The Bertz CT molecular complexity index is 742. The molecular formula is C18H13BrO2. The van der Waals surface area contributed by atoms with Crippen LogP contribution in [0.4, 0.5) is 0 Å². The van der Waals surface area contributed by atoms with Gasteiger partial charge in [0.25, 0.3) is 0 Å². The molecule has 0 fully saturated rings. The molecule has 0 amide bonds. The highest BCUT2D eigenvalue weighted by atomic mass is 79.9. The van der Waals surface area contributed by atoms with Gasteiger partial charge >= 0.3 is 0 Å². The predicted molar refractivity (Wildman–Crippen MR) is 84.0 cm³/mol. The molecule has 3 heteroatoms. The molecule has 0 radical (unpaired) electrons. The first kappa shape index (κ1) is 13.0. The van der Waals surface area contributed by atoms with Crippen molar-refractivity contribution in [2.75, 3.05) is 0 Å². The van der Waals surface area contributed by atoms with Crippen LogP contribution in [-0.4, -0.2) is 11.6 Å². The van der Waals surface area contributed by atoms with Crippen LogP contribution in [-0.2, 0) is 9.59 Å². The smallest absolute Gasteiger partial charge is 0.184 e. The van der Waals surface area contributed by atoms with Crippen LogP contribution in [0.1, 0.15) is 17.9 Å². The maximum absolute atomic E-state index is 12.3. The first-order chi connectivity index (χ1) is 10.1. The lowest BCUT2D eigenvalue weighted by Crippen LogP contribution is -2.31. The Labute approximate surface area is 131 Å². The van der Waals surface area contributed by atoms with Gasteiger partial charge in [-0.15, -0.1) is 0 Å². The van der Waals surface area contributed by atoms with E-state index in [1.54, 1.807) is 12.2 Å². The highest BCUT2D eigenvalue weighted by molar-refractivity contribution is 9.11. The summed E-state index contributed by atoms with van der Waals surface area (Å²) in [5.41, 5.74) is 1.29. The Balaban J connectivity index is 1.98. The minimum atomic E-state index is -0.499. The van der Waals surface area contributed by atoms with E-state index in [1.807, 2.05) is 24.3 Å². The summed E-state index contributed by atoms with van der Waals surface area (Å²) in [4.78, 5) is 24.6. The number of fused-ring (bicyclic) bond motifs is 2. The number of hydrogen-bond acceptors (Lipinski definition) is 2. The Hall–Kier alpha value is -1.74. The van der Waals surface area contributed by atoms with Crippen molar-refractivity contribution >= 4 is 27.5 Å². The lowest BCUT2D eigenvalue weighted by molar-refractivity contribution is -0.117. The number of ketones is 2. The Kier molecular flexibility index (Phi) is 2.70. The molecule has 2 bridgehead atoms. The second-order valence-electron chi connectivity index (χ2n) is 5.85. The summed E-state index contributed by atoms with van der Waals surface area (Å²) in [7, 11) is 0. The quantitative estimate of drug-likeness (QED) is 0.730. The highest BCUT2D eigenvalue weighted by Gasteiger charge is 2.53. The molecule has 1 aromatic rings. The van der Waals surface area contributed by atoms with Crippen molar-refractivity contribution in [3.05, 3.63) is 70.3 Å². The van der Waals surface area contributed by atoms with Gasteiger partial charge in [0.05, 0.1) is 5.41 Å². The molecule has 0 aromatic heterocycles. The number of halogens is 1. The van der Waals surface area contributed by atoms with E-state index >= 15 is 0 Å². The van der Waals surface area contributed by atoms with Crippen LogP contribution in [0.2, 0.25) is 0 Å². The molecule has 0 N–H and O–H groups in total. The van der Waals surface area contributed by atoms with E-state index in [0.717, 1.165) is 10.9 Å². The molecule has 0 saturated carbocycles. The van der Waals surface area contributed by atoms with E-state index in [2.05, 4.69) is 34.1 Å². The molecule has 0 saturated heterocycles. The predicted octanol–water partition coefficient (Wildman–Crippen LogP) is 3.70. The van der Waals surface area contributed by atoms with Crippen LogP contribution in [0.5, 0.6) is 0 Å². The summed E-state index contributed by atoms with van der Waals surface area (Å²) in [6.45, 7) is 0. The normalized spacial score (nSPS) is 33.6. The molecule has 4 aliphatic carbocycles. The van der Waals surface area contributed by atoms with Gasteiger partial charge in [-0.05, 0) is 24.1 Å². The highest BCUT2D eigenvalue weighted by Crippen LogP contribution is 2.60. The number of allylic oxidation sites excluding steroid dienone is 6. The van der Waals surface area contributed by atoms with E-state index in [1.165, 1.54) is 5.56 Å². The van der Waals surface area contributed by atoms with Gasteiger partial charge in [-0.2, -0.15) is 0 Å². The molecule has 0 aliphatic heterocycles. The molecule has 21 heavy (non-hydrogen) atoms. The Morgan fingerprint density at radius 3 is 2.62 bits per heavy atom. The molecule has 4 aliphatic rings. The molecule has 1 aromatic carbocycles. The maximum Gasteiger partial charge on any atom is 0.184 e. The monoisotopic (exact) mass is 340 g/mol. The van der Waals surface area contributed by atoms with Gasteiger partial charge in [0, 0.05) is 21.9 Å². The fourth-order valence-electron chi connectivity index (χ4n) is 3.81. The van der Waals surface area contributed by atoms with Crippen LogP contribution in [0.15, 0.2) is 64.7 Å². The molecule has 3 atom stereocenters. The zero-order valence-electron chi connectivity index (χ0n) is 11.3. The fraction of sp³-hybridized carbons (Fsp3) is 0.222. The third kappa shape index (κ3) is 1.64. The van der Waals surface area contributed by atoms with Gasteiger partial charge in [0.2, 0.25) is 0 Å². The summed E-state index contributed by atoms with van der Waals surface area (Å²) in [6.07, 6.45) is 7.96. The molecule has 5 rings (SSSR count). The minimum Gasteiger partial charge on any atom is -0.294 e. The second kappa shape index (κ2) is 4.38. The molecule has 0 unspecified atom stereocenters. The van der Waals surface area contributed by atoms with Crippen molar-refractivity contribution in [2.45, 2.75) is 12.3 Å². The molecule has 0 heterocycles. The van der Waals surface area contributed by atoms with Crippen LogP contribution in [0, 0.1) is 11.3 Å². The van der Waals surface area contributed by atoms with Crippen LogP contribution >= 0.6 is 15.9 Å². The van der Waals surface area contributed by atoms with E-state index in [0.29, 0.717) is 5.57 Å². The van der Waals surface area contributed by atoms with Crippen molar-refractivity contribution in [1.82, 2.24) is 0 Å². The van der Waals surface area contributed by atoms with E-state index < -0.39 is 5.41 Å². The average molecular weight is 341 g/mol. The lowest BCUT2D eigenvalue weighted by Gasteiger charge is -2.39. The van der Waals surface area contributed by atoms with Gasteiger partial charge in [-0.1, -0.05) is 58.4 Å². The second-order valence-corrected chi connectivity index (χ2v) is 6.70. The largest absolute Gasteiger partial charge is 0.294 e. The van der Waals surface area contributed by atoms with Gasteiger partial charge in [0.1, 0.15) is 0 Å². The summed E-state index contributed by atoms with van der Waals surface area (Å²) < 4.78 is 0.865. The number of rotatable bonds is 1. The molecular weight excluding hydrogens is 328 g/mol. The first-order valence-electron chi connectivity index (χ1n) is 7.05. The van der Waals surface area contributed by atoms with Gasteiger partial charge < -0.3 is 0 Å². The van der Waals surface area contributed by atoms with Crippen molar-refractivity contribution in [3.8, 4) is 0 Å². The number of carbonyl (C=O) groups excluding carboxylic acids is 2. The van der Waals surface area contributed by atoms with Gasteiger partial charge in [-0.25, -0.2) is 0 Å². The summed E-state index contributed by atoms with van der Waals surface area (Å²) in [6, 6.07) is 10.2. The molecule has 2 nitrogen and oxygen atoms in total. The van der Waals surface area contributed by atoms with Gasteiger partial charge in [-0.3, -0.25) is 9.59 Å².